The van der Waals surface area contributed by atoms with Crippen molar-refractivity contribution in [3.8, 4) is 0 Å². The summed E-state index contributed by atoms with van der Waals surface area (Å²) in [7, 11) is 4.50. The Morgan fingerprint density at radius 1 is 0.618 bits per heavy atom. The van der Waals surface area contributed by atoms with Crippen molar-refractivity contribution in [1.29, 1.82) is 0 Å². The molecule has 0 aliphatic carbocycles. The number of carboxylic acids is 1. The first-order chi connectivity index (χ1) is 16.4. The molecular formula is C30H62NO3+. The SMILES string of the molecule is CCCCCCCCCCCCCCCCC(O)C[N+](C)(C)CCCCCCCCCC(=O)O. The summed E-state index contributed by atoms with van der Waals surface area (Å²) >= 11 is 0. The van der Waals surface area contributed by atoms with Gasteiger partial charge in [0.05, 0.1) is 20.6 Å². The zero-order valence-corrected chi connectivity index (χ0v) is 23.5. The zero-order valence-electron chi connectivity index (χ0n) is 23.5. The Morgan fingerprint density at radius 2 is 1.00 bits per heavy atom. The fourth-order valence-corrected chi connectivity index (χ4v) is 5.03. The normalized spacial score (nSPS) is 12.8. The molecule has 0 spiro atoms. The highest BCUT2D eigenvalue weighted by atomic mass is 16.4. The maximum absolute atomic E-state index is 10.5. The predicted molar refractivity (Wildman–Crippen MR) is 147 cm³/mol. The summed E-state index contributed by atoms with van der Waals surface area (Å²) < 4.78 is 0.915. The van der Waals surface area contributed by atoms with E-state index < -0.39 is 5.97 Å². The zero-order chi connectivity index (χ0) is 25.3. The number of rotatable bonds is 27. The number of hydrogen-bond acceptors (Lipinski definition) is 2. The molecule has 0 aliphatic rings. The molecule has 0 aromatic carbocycles. The summed E-state index contributed by atoms with van der Waals surface area (Å²) in [4.78, 5) is 10.5. The van der Waals surface area contributed by atoms with Crippen LogP contribution < -0.4 is 0 Å². The van der Waals surface area contributed by atoms with Crippen LogP contribution in [0.2, 0.25) is 0 Å². The monoisotopic (exact) mass is 484 g/mol. The van der Waals surface area contributed by atoms with Gasteiger partial charge in [-0.15, -0.1) is 0 Å². The largest absolute Gasteiger partial charge is 0.481 e. The number of aliphatic hydroxyl groups excluding tert-OH is 1. The highest BCUT2D eigenvalue weighted by molar-refractivity contribution is 5.66. The van der Waals surface area contributed by atoms with E-state index in [9.17, 15) is 9.90 Å². The molecule has 34 heavy (non-hydrogen) atoms. The maximum atomic E-state index is 10.5. The Kier molecular flexibility index (Phi) is 23.7. The van der Waals surface area contributed by atoms with E-state index in [2.05, 4.69) is 21.0 Å². The van der Waals surface area contributed by atoms with Gasteiger partial charge in [-0.3, -0.25) is 4.79 Å². The van der Waals surface area contributed by atoms with Crippen molar-refractivity contribution in [2.24, 2.45) is 0 Å². The van der Waals surface area contributed by atoms with Crippen molar-refractivity contribution < 1.29 is 19.5 Å². The summed E-state index contributed by atoms with van der Waals surface area (Å²) in [6.45, 7) is 4.29. The van der Waals surface area contributed by atoms with Crippen molar-refractivity contribution in [3.05, 3.63) is 0 Å². The molecule has 204 valence electrons. The number of aliphatic hydroxyl groups is 1. The first kappa shape index (κ1) is 33.4. The van der Waals surface area contributed by atoms with Gasteiger partial charge in [0, 0.05) is 6.42 Å². The molecule has 0 saturated heterocycles. The van der Waals surface area contributed by atoms with Crippen LogP contribution in [0.15, 0.2) is 0 Å². The lowest BCUT2D eigenvalue weighted by Crippen LogP contribution is -2.45. The first-order valence-electron chi connectivity index (χ1n) is 15.1. The number of carbonyl (C=O) groups is 1. The van der Waals surface area contributed by atoms with Gasteiger partial charge in [-0.25, -0.2) is 0 Å². The molecule has 0 aromatic rings. The van der Waals surface area contributed by atoms with E-state index in [1.807, 2.05) is 0 Å². The third-order valence-electron chi connectivity index (χ3n) is 7.25. The molecular weight excluding hydrogens is 422 g/mol. The molecule has 0 aliphatic heterocycles. The van der Waals surface area contributed by atoms with E-state index in [1.165, 1.54) is 116 Å². The van der Waals surface area contributed by atoms with Crippen LogP contribution in [-0.4, -0.2) is 54.0 Å². The molecule has 0 radical (unpaired) electrons. The highest BCUT2D eigenvalue weighted by Gasteiger charge is 2.19. The summed E-state index contributed by atoms with van der Waals surface area (Å²) in [5, 5.41) is 19.1. The Balaban J connectivity index is 3.44. The topological polar surface area (TPSA) is 57.5 Å². The lowest BCUT2D eigenvalue weighted by Gasteiger charge is -2.32. The molecule has 0 rings (SSSR count). The van der Waals surface area contributed by atoms with Crippen LogP contribution in [-0.2, 0) is 4.79 Å². The second kappa shape index (κ2) is 24.1. The first-order valence-corrected chi connectivity index (χ1v) is 15.1. The van der Waals surface area contributed by atoms with Gasteiger partial charge in [0.15, 0.2) is 0 Å². The molecule has 4 nitrogen and oxygen atoms in total. The highest BCUT2D eigenvalue weighted by Crippen LogP contribution is 2.15. The van der Waals surface area contributed by atoms with E-state index in [0.717, 1.165) is 43.3 Å². The lowest BCUT2D eigenvalue weighted by atomic mass is 10.0. The third-order valence-corrected chi connectivity index (χ3v) is 7.25. The molecule has 0 saturated carbocycles. The third kappa shape index (κ3) is 26.0. The van der Waals surface area contributed by atoms with E-state index in [0.29, 0.717) is 6.42 Å². The molecule has 0 aromatic heterocycles. The van der Waals surface area contributed by atoms with Crippen LogP contribution in [0.3, 0.4) is 0 Å². The van der Waals surface area contributed by atoms with E-state index in [4.69, 9.17) is 5.11 Å². The number of hydrogen-bond donors (Lipinski definition) is 2. The molecule has 0 fully saturated rings. The van der Waals surface area contributed by atoms with Gasteiger partial charge in [-0.2, -0.15) is 0 Å². The molecule has 4 heteroatoms. The Hall–Kier alpha value is -0.610. The van der Waals surface area contributed by atoms with Crippen LogP contribution in [0, 0.1) is 0 Å². The van der Waals surface area contributed by atoms with E-state index >= 15 is 0 Å². The van der Waals surface area contributed by atoms with Crippen molar-refractivity contribution in [2.75, 3.05) is 27.2 Å². The second-order valence-corrected chi connectivity index (χ2v) is 11.5. The Bertz CT molecular complexity index is 439. The number of unbranched alkanes of at least 4 members (excludes halogenated alkanes) is 19. The average molecular weight is 485 g/mol. The van der Waals surface area contributed by atoms with Gasteiger partial charge in [-0.1, -0.05) is 122 Å². The minimum Gasteiger partial charge on any atom is -0.481 e. The Morgan fingerprint density at radius 3 is 1.44 bits per heavy atom. The van der Waals surface area contributed by atoms with E-state index in [1.54, 1.807) is 0 Å². The fourth-order valence-electron chi connectivity index (χ4n) is 5.03. The fraction of sp³-hybridized carbons (Fsp3) is 0.967. The van der Waals surface area contributed by atoms with Gasteiger partial charge in [-0.05, 0) is 25.7 Å². The summed E-state index contributed by atoms with van der Waals surface area (Å²) in [6.07, 6.45) is 28.3. The number of quaternary nitrogens is 1. The standard InChI is InChI=1S/C30H61NO3/c1-4-5-6-7-8-9-10-11-12-13-14-16-19-22-25-29(32)28-31(2,3)27-24-21-18-15-17-20-23-26-30(33)34/h29,32H,4-28H2,1-3H3/p+1. The van der Waals surface area contributed by atoms with Gasteiger partial charge in [0.25, 0.3) is 0 Å². The average Bonchev–Trinajstić information content (AvgIpc) is 2.77. The summed E-state index contributed by atoms with van der Waals surface area (Å²) in [6, 6.07) is 0. The molecule has 2 N–H and O–H groups in total. The minimum absolute atomic E-state index is 0.165. The number of carboxylic acid groups (broad SMARTS) is 1. The summed E-state index contributed by atoms with van der Waals surface area (Å²) in [5.41, 5.74) is 0. The number of nitrogens with zero attached hydrogens (tertiary/aromatic N) is 1. The molecule has 0 bridgehead atoms. The van der Waals surface area contributed by atoms with Crippen LogP contribution >= 0.6 is 0 Å². The van der Waals surface area contributed by atoms with Gasteiger partial charge < -0.3 is 14.7 Å². The van der Waals surface area contributed by atoms with Gasteiger partial charge in [0.2, 0.25) is 0 Å². The van der Waals surface area contributed by atoms with Crippen LogP contribution in [0.5, 0.6) is 0 Å². The van der Waals surface area contributed by atoms with Crippen molar-refractivity contribution in [2.45, 2.75) is 161 Å². The second-order valence-electron chi connectivity index (χ2n) is 11.5. The van der Waals surface area contributed by atoms with Crippen molar-refractivity contribution >= 4 is 5.97 Å². The number of aliphatic carboxylic acids is 1. The smallest absolute Gasteiger partial charge is 0.303 e. The molecule has 1 unspecified atom stereocenters. The predicted octanol–water partition coefficient (Wildman–Crippen LogP) is 8.50. The van der Waals surface area contributed by atoms with Crippen LogP contribution in [0.25, 0.3) is 0 Å². The van der Waals surface area contributed by atoms with Crippen LogP contribution in [0.4, 0.5) is 0 Å². The van der Waals surface area contributed by atoms with Gasteiger partial charge >= 0.3 is 5.97 Å². The maximum Gasteiger partial charge on any atom is 0.303 e. The molecule has 0 amide bonds. The quantitative estimate of drug-likeness (QED) is 0.0907. The minimum atomic E-state index is -0.675. The summed E-state index contributed by atoms with van der Waals surface area (Å²) in [5.74, 6) is -0.675. The van der Waals surface area contributed by atoms with Gasteiger partial charge in [0.1, 0.15) is 12.6 Å². The van der Waals surface area contributed by atoms with Crippen molar-refractivity contribution in [1.82, 2.24) is 0 Å². The number of likely N-dealkylation sites (N-methyl/N-ethyl adjacent to an activating group) is 1. The Labute approximate surface area is 213 Å². The lowest BCUT2D eigenvalue weighted by molar-refractivity contribution is -0.893. The van der Waals surface area contributed by atoms with Crippen LogP contribution in [0.1, 0.15) is 155 Å². The molecule has 0 heterocycles. The van der Waals surface area contributed by atoms with Crippen molar-refractivity contribution in [3.63, 3.8) is 0 Å². The van der Waals surface area contributed by atoms with E-state index in [-0.39, 0.29) is 6.10 Å². The molecule has 1 atom stereocenters.